The van der Waals surface area contributed by atoms with Gasteiger partial charge in [0.15, 0.2) is 17.3 Å². The number of ether oxygens (including phenoxy) is 3. The zero-order valence-corrected chi connectivity index (χ0v) is 22.9. The first-order valence-electron chi connectivity index (χ1n) is 13.5. The summed E-state index contributed by atoms with van der Waals surface area (Å²) < 4.78 is 22.3. The van der Waals surface area contributed by atoms with Crippen molar-refractivity contribution in [3.05, 3.63) is 63.8 Å². The van der Waals surface area contributed by atoms with E-state index in [9.17, 15) is 55.5 Å². The average Bonchev–Trinajstić information content (AvgIpc) is 2.99. The normalized spacial score (nSPS) is 25.1. The quantitative estimate of drug-likeness (QED) is 0.105. The topological polar surface area (TPSA) is 257 Å². The van der Waals surface area contributed by atoms with Crippen LogP contribution in [0, 0.1) is 0 Å². The Morgan fingerprint density at radius 3 is 2.18 bits per heavy atom. The lowest BCUT2D eigenvalue weighted by atomic mass is 9.86. The molecular weight excluding hydrogens is 600 g/mol. The number of esters is 1. The summed E-state index contributed by atoms with van der Waals surface area (Å²) in [6, 6.07) is 8.14. The predicted octanol–water partition coefficient (Wildman–Crippen LogP) is 0.959. The zero-order chi connectivity index (χ0) is 32.3. The van der Waals surface area contributed by atoms with Crippen molar-refractivity contribution in [1.29, 1.82) is 0 Å². The Kier molecular flexibility index (Phi) is 7.33. The van der Waals surface area contributed by atoms with E-state index in [1.165, 1.54) is 24.3 Å². The van der Waals surface area contributed by atoms with Gasteiger partial charge in [0.2, 0.25) is 23.2 Å². The minimum Gasteiger partial charge on any atom is -0.508 e. The molecule has 6 bridgehead atoms. The Morgan fingerprint density at radius 1 is 0.756 bits per heavy atom. The number of carbonyl (C=O) groups is 1. The van der Waals surface area contributed by atoms with Crippen LogP contribution in [0.15, 0.2) is 51.7 Å². The molecule has 6 atom stereocenters. The maximum atomic E-state index is 13.4. The summed E-state index contributed by atoms with van der Waals surface area (Å²) in [6.45, 7) is -0.668. The maximum Gasteiger partial charge on any atom is 0.306 e. The largest absolute Gasteiger partial charge is 0.508 e. The number of aliphatic hydroxyl groups excluding tert-OH is 3. The van der Waals surface area contributed by atoms with E-state index in [4.69, 9.17) is 18.6 Å². The van der Waals surface area contributed by atoms with Crippen molar-refractivity contribution < 1.29 is 69.4 Å². The van der Waals surface area contributed by atoms with Gasteiger partial charge in [-0.05, 0) is 29.8 Å². The third-order valence-electron chi connectivity index (χ3n) is 7.79. The summed E-state index contributed by atoms with van der Waals surface area (Å²) in [4.78, 5) is 26.7. The highest BCUT2D eigenvalue weighted by Gasteiger charge is 2.46. The first kappa shape index (κ1) is 29.8. The van der Waals surface area contributed by atoms with E-state index < -0.39 is 112 Å². The fourth-order valence-corrected chi connectivity index (χ4v) is 5.46. The van der Waals surface area contributed by atoms with E-state index in [0.717, 1.165) is 18.2 Å². The summed E-state index contributed by atoms with van der Waals surface area (Å²) in [6.07, 6.45) is -9.37. The van der Waals surface area contributed by atoms with Gasteiger partial charge in [-0.1, -0.05) is 12.1 Å². The van der Waals surface area contributed by atoms with Gasteiger partial charge in [0.1, 0.15) is 59.2 Å². The fourth-order valence-electron chi connectivity index (χ4n) is 5.46. The van der Waals surface area contributed by atoms with Crippen molar-refractivity contribution in [3.8, 4) is 51.6 Å². The van der Waals surface area contributed by atoms with E-state index in [-0.39, 0.29) is 16.9 Å². The number of aliphatic hydroxyl groups is 3. The number of cyclic esters (lactones) is 1. The van der Waals surface area contributed by atoms with Crippen LogP contribution < -0.4 is 10.2 Å². The molecule has 236 valence electrons. The molecule has 0 radical (unpaired) electrons. The third kappa shape index (κ3) is 5.06. The molecule has 0 spiro atoms. The first-order chi connectivity index (χ1) is 21.3. The lowest BCUT2D eigenvalue weighted by Crippen LogP contribution is -2.60. The second-order valence-corrected chi connectivity index (χ2v) is 10.6. The van der Waals surface area contributed by atoms with E-state index in [1.807, 2.05) is 0 Å². The fraction of sp³-hybridized carbons (Fsp3) is 0.267. The third-order valence-corrected chi connectivity index (χ3v) is 7.79. The zero-order valence-electron chi connectivity index (χ0n) is 22.9. The van der Waals surface area contributed by atoms with E-state index in [2.05, 4.69) is 0 Å². The van der Waals surface area contributed by atoms with Gasteiger partial charge in [-0.25, -0.2) is 0 Å². The van der Waals surface area contributed by atoms with Gasteiger partial charge < -0.3 is 64.6 Å². The molecule has 1 fully saturated rings. The van der Waals surface area contributed by atoms with Crippen molar-refractivity contribution in [2.45, 2.75) is 43.0 Å². The number of benzene rings is 3. The lowest BCUT2D eigenvalue weighted by molar-refractivity contribution is -0.278. The van der Waals surface area contributed by atoms with Crippen LogP contribution in [0.2, 0.25) is 0 Å². The smallest absolute Gasteiger partial charge is 0.306 e. The molecule has 0 aliphatic carbocycles. The highest BCUT2D eigenvalue weighted by molar-refractivity contribution is 5.92. The number of aromatic hydroxyl groups is 6. The SMILES string of the molecule is O=C1C[C@H](c2ccc(O)cc2)c2c(O)cc(O)c3c(=O)c(O)c(oc23)-c2cc(O)c(O)c(c2)O[C@@H]2O[C@H](CO1)[C@@H](O)[C@@H](O)[C@@H]2O. The molecule has 6 rings (SSSR count). The monoisotopic (exact) mass is 626 g/mol. The second kappa shape index (κ2) is 11.0. The molecule has 4 aromatic rings. The highest BCUT2D eigenvalue weighted by atomic mass is 16.7. The maximum absolute atomic E-state index is 13.4. The first-order valence-corrected chi connectivity index (χ1v) is 13.5. The molecule has 1 aromatic heterocycles. The van der Waals surface area contributed by atoms with Crippen LogP contribution in [0.4, 0.5) is 0 Å². The molecular formula is C30H26O15. The Labute approximate surface area is 251 Å². The van der Waals surface area contributed by atoms with Crippen LogP contribution in [-0.4, -0.2) is 89.2 Å². The van der Waals surface area contributed by atoms with E-state index >= 15 is 0 Å². The summed E-state index contributed by atoms with van der Waals surface area (Å²) in [5.74, 6) is -7.66. The molecule has 2 aliphatic heterocycles. The molecule has 1 saturated heterocycles. The average molecular weight is 627 g/mol. The Bertz CT molecular complexity index is 1860. The van der Waals surface area contributed by atoms with Gasteiger partial charge in [0.25, 0.3) is 0 Å². The molecule has 9 N–H and O–H groups in total. The summed E-state index contributed by atoms with van der Waals surface area (Å²) >= 11 is 0. The number of phenols is 5. The number of phenolic OH excluding ortho intramolecular Hbond substituents is 5. The summed E-state index contributed by atoms with van der Waals surface area (Å²) in [7, 11) is 0. The van der Waals surface area contributed by atoms with Gasteiger partial charge >= 0.3 is 5.97 Å². The molecule has 15 nitrogen and oxygen atoms in total. The Balaban J connectivity index is 1.65. The van der Waals surface area contributed by atoms with Crippen molar-refractivity contribution in [1.82, 2.24) is 0 Å². The number of carbonyl (C=O) groups excluding carboxylic acids is 1. The number of hydrogen-bond acceptors (Lipinski definition) is 15. The van der Waals surface area contributed by atoms with Crippen molar-refractivity contribution in [2.75, 3.05) is 6.61 Å². The Morgan fingerprint density at radius 2 is 1.47 bits per heavy atom. The number of hydrogen-bond donors (Lipinski definition) is 9. The minimum atomic E-state index is -1.91. The van der Waals surface area contributed by atoms with Crippen LogP contribution in [-0.2, 0) is 14.3 Å². The van der Waals surface area contributed by atoms with Crippen molar-refractivity contribution >= 4 is 16.9 Å². The van der Waals surface area contributed by atoms with Crippen LogP contribution in [0.25, 0.3) is 22.3 Å². The van der Waals surface area contributed by atoms with Crippen LogP contribution in [0.3, 0.4) is 0 Å². The number of rotatable bonds is 1. The lowest BCUT2D eigenvalue weighted by Gasteiger charge is -2.40. The molecule has 3 heterocycles. The van der Waals surface area contributed by atoms with Crippen LogP contribution >= 0.6 is 0 Å². The van der Waals surface area contributed by atoms with Crippen molar-refractivity contribution in [3.63, 3.8) is 0 Å². The molecule has 3 aromatic carbocycles. The summed E-state index contributed by atoms with van der Waals surface area (Å²) in [5.41, 5.74) is -1.81. The molecule has 0 amide bonds. The predicted molar refractivity (Wildman–Crippen MR) is 149 cm³/mol. The molecule has 0 unspecified atom stereocenters. The molecule has 45 heavy (non-hydrogen) atoms. The van der Waals surface area contributed by atoms with E-state index in [0.29, 0.717) is 5.56 Å². The standard InChI is InChI=1S/C30H26O15/c31-12-3-1-10(2-4-12)13-7-19(35)42-9-18-23(37)25(39)27(41)30(44-18)43-17-6-11(5-16(34)22(17)36)28-26(40)24(38)21-15(33)8-14(32)20(13)29(21)45-28/h1-6,8,13,18,23,25,27,30-34,36-37,39-41H,7,9H2/t13-,18-,23-,25-,27+,30-/m1/s1. The van der Waals surface area contributed by atoms with Crippen molar-refractivity contribution in [2.24, 2.45) is 0 Å². The molecule has 0 saturated carbocycles. The molecule has 2 aliphatic rings. The number of fused-ring (bicyclic) bond motifs is 6. The minimum absolute atomic E-state index is 0.128. The van der Waals surface area contributed by atoms with Crippen LogP contribution in [0.5, 0.6) is 40.2 Å². The van der Waals surface area contributed by atoms with Gasteiger partial charge in [0, 0.05) is 23.1 Å². The second-order valence-electron chi connectivity index (χ2n) is 10.6. The summed E-state index contributed by atoms with van der Waals surface area (Å²) in [5, 5.41) is 94.4. The van der Waals surface area contributed by atoms with Gasteiger partial charge in [-0.2, -0.15) is 0 Å². The van der Waals surface area contributed by atoms with Gasteiger partial charge in [-0.15, -0.1) is 0 Å². The van der Waals surface area contributed by atoms with Crippen LogP contribution in [0.1, 0.15) is 23.5 Å². The highest BCUT2D eigenvalue weighted by Crippen LogP contribution is 2.47. The van der Waals surface area contributed by atoms with Gasteiger partial charge in [0.05, 0.1) is 6.42 Å². The van der Waals surface area contributed by atoms with E-state index in [1.54, 1.807) is 0 Å². The Hall–Kier alpha value is -5.22. The van der Waals surface area contributed by atoms with Gasteiger partial charge in [-0.3, -0.25) is 9.59 Å². The molecule has 15 heteroatoms.